The summed E-state index contributed by atoms with van der Waals surface area (Å²) in [5, 5.41) is 19.9. The van der Waals surface area contributed by atoms with Gasteiger partial charge in [0.15, 0.2) is 0 Å². The molecule has 2 atom stereocenters. The summed E-state index contributed by atoms with van der Waals surface area (Å²) in [5.41, 5.74) is 0. The van der Waals surface area contributed by atoms with Crippen molar-refractivity contribution >= 4 is 0 Å². The molecule has 0 bridgehead atoms. The molecule has 0 aliphatic carbocycles. The van der Waals surface area contributed by atoms with Gasteiger partial charge in [-0.2, -0.15) is 0 Å². The summed E-state index contributed by atoms with van der Waals surface area (Å²) in [6.45, 7) is 4.45. The number of hydrogen-bond donors (Lipinski definition) is 2. The van der Waals surface area contributed by atoms with Crippen LogP contribution in [0, 0.1) is 0 Å². The molecule has 0 heterocycles. The van der Waals surface area contributed by atoms with E-state index in [1.807, 2.05) is 0 Å². The van der Waals surface area contributed by atoms with Gasteiger partial charge >= 0.3 is 0 Å². The summed E-state index contributed by atoms with van der Waals surface area (Å²) >= 11 is 0. The minimum atomic E-state index is -0.123. The number of aliphatic hydroxyl groups excluding tert-OH is 2. The summed E-state index contributed by atoms with van der Waals surface area (Å²) in [4.78, 5) is 0. The molecule has 0 aromatic rings. The Morgan fingerprint density at radius 3 is 0.931 bits per heavy atom. The lowest BCUT2D eigenvalue weighted by atomic mass is 10.0. The first-order valence-electron chi connectivity index (χ1n) is 13.6. The van der Waals surface area contributed by atoms with Gasteiger partial charge in [-0.25, -0.2) is 0 Å². The Hall–Kier alpha value is -0.0800. The molecule has 2 nitrogen and oxygen atoms in total. The molecule has 0 saturated heterocycles. The Morgan fingerprint density at radius 2 is 0.586 bits per heavy atom. The van der Waals surface area contributed by atoms with E-state index in [4.69, 9.17) is 0 Å². The zero-order chi connectivity index (χ0) is 21.4. The van der Waals surface area contributed by atoms with Crippen LogP contribution in [-0.2, 0) is 0 Å². The van der Waals surface area contributed by atoms with Crippen molar-refractivity contribution in [1.82, 2.24) is 0 Å². The third-order valence-corrected chi connectivity index (χ3v) is 6.36. The van der Waals surface area contributed by atoms with Crippen LogP contribution in [0.25, 0.3) is 0 Å². The van der Waals surface area contributed by atoms with Gasteiger partial charge in [-0.3, -0.25) is 0 Å². The van der Waals surface area contributed by atoms with Crippen LogP contribution in [0.1, 0.15) is 162 Å². The maximum atomic E-state index is 10.1. The Kier molecular flexibility index (Phi) is 24.1. The topological polar surface area (TPSA) is 40.5 Å². The van der Waals surface area contributed by atoms with Crippen molar-refractivity contribution in [3.05, 3.63) is 0 Å². The Balaban J connectivity index is 3.18. The largest absolute Gasteiger partial charge is 0.393 e. The average molecular weight is 413 g/mol. The van der Waals surface area contributed by atoms with E-state index >= 15 is 0 Å². The lowest BCUT2D eigenvalue weighted by molar-refractivity contribution is 0.132. The Bertz CT molecular complexity index is 292. The molecule has 0 fully saturated rings. The fourth-order valence-electron chi connectivity index (χ4n) is 4.24. The van der Waals surface area contributed by atoms with Gasteiger partial charge in [-0.15, -0.1) is 0 Å². The summed E-state index contributed by atoms with van der Waals surface area (Å²) < 4.78 is 0. The van der Waals surface area contributed by atoms with Crippen molar-refractivity contribution < 1.29 is 10.2 Å². The molecule has 0 aromatic heterocycles. The molecule has 176 valence electrons. The summed E-state index contributed by atoms with van der Waals surface area (Å²) in [7, 11) is 0. The molecule has 0 aliphatic heterocycles. The first-order chi connectivity index (χ1) is 14.2. The highest BCUT2D eigenvalue weighted by molar-refractivity contribution is 4.60. The van der Waals surface area contributed by atoms with Crippen LogP contribution in [-0.4, -0.2) is 22.4 Å². The predicted molar refractivity (Wildman–Crippen MR) is 130 cm³/mol. The van der Waals surface area contributed by atoms with Crippen LogP contribution in [0.3, 0.4) is 0 Å². The van der Waals surface area contributed by atoms with Crippen LogP contribution in [0.2, 0.25) is 0 Å². The minimum Gasteiger partial charge on any atom is -0.393 e. The molecule has 29 heavy (non-hydrogen) atoms. The van der Waals surface area contributed by atoms with Gasteiger partial charge in [0.05, 0.1) is 12.2 Å². The lowest BCUT2D eigenvalue weighted by Gasteiger charge is -2.12. The summed E-state index contributed by atoms with van der Waals surface area (Å²) in [5.74, 6) is 0. The molecule has 2 N–H and O–H groups in total. The summed E-state index contributed by atoms with van der Waals surface area (Å²) in [6, 6.07) is 0. The monoisotopic (exact) mass is 412 g/mol. The van der Waals surface area contributed by atoms with E-state index in [1.165, 1.54) is 96.3 Å². The molecule has 2 unspecified atom stereocenters. The normalized spacial score (nSPS) is 13.7. The van der Waals surface area contributed by atoms with Crippen LogP contribution in [0.4, 0.5) is 0 Å². The standard InChI is InChI=1S/C27H56O2/c1-3-5-7-8-9-10-11-12-13-14-15-16-17-18-19-23-27(29)25-21-20-24-26(28)22-6-4-2/h26-29H,3-25H2,1-2H3. The van der Waals surface area contributed by atoms with Gasteiger partial charge in [0, 0.05) is 0 Å². The van der Waals surface area contributed by atoms with Crippen molar-refractivity contribution in [3.8, 4) is 0 Å². The molecular formula is C27H56O2. The van der Waals surface area contributed by atoms with E-state index in [1.54, 1.807) is 0 Å². The smallest absolute Gasteiger partial charge is 0.0540 e. The first-order valence-corrected chi connectivity index (χ1v) is 13.6. The third-order valence-electron chi connectivity index (χ3n) is 6.36. The molecule has 2 heteroatoms. The van der Waals surface area contributed by atoms with Crippen molar-refractivity contribution in [1.29, 1.82) is 0 Å². The van der Waals surface area contributed by atoms with Crippen LogP contribution >= 0.6 is 0 Å². The molecule has 0 saturated carbocycles. The molecule has 0 rings (SSSR count). The maximum Gasteiger partial charge on any atom is 0.0540 e. The van der Waals surface area contributed by atoms with E-state index < -0.39 is 0 Å². The number of rotatable bonds is 24. The van der Waals surface area contributed by atoms with Crippen molar-refractivity contribution in [2.45, 2.75) is 174 Å². The highest BCUT2D eigenvalue weighted by Gasteiger charge is 2.06. The number of unbranched alkanes of at least 4 members (excludes halogenated alkanes) is 16. The zero-order valence-electron chi connectivity index (χ0n) is 20.3. The second-order valence-corrected chi connectivity index (χ2v) is 9.47. The van der Waals surface area contributed by atoms with Gasteiger partial charge in [0.1, 0.15) is 0 Å². The predicted octanol–water partition coefficient (Wildman–Crippen LogP) is 8.72. The van der Waals surface area contributed by atoms with E-state index in [2.05, 4.69) is 13.8 Å². The lowest BCUT2D eigenvalue weighted by Crippen LogP contribution is -2.08. The first kappa shape index (κ1) is 28.9. The molecule has 0 radical (unpaired) electrons. The van der Waals surface area contributed by atoms with Crippen LogP contribution in [0.15, 0.2) is 0 Å². The van der Waals surface area contributed by atoms with E-state index in [9.17, 15) is 10.2 Å². The van der Waals surface area contributed by atoms with Gasteiger partial charge in [-0.05, 0) is 25.7 Å². The average Bonchev–Trinajstić information content (AvgIpc) is 2.72. The van der Waals surface area contributed by atoms with Crippen molar-refractivity contribution in [2.75, 3.05) is 0 Å². The minimum absolute atomic E-state index is 0.121. The second kappa shape index (κ2) is 24.2. The van der Waals surface area contributed by atoms with E-state index in [0.717, 1.165) is 51.4 Å². The van der Waals surface area contributed by atoms with Crippen molar-refractivity contribution in [3.63, 3.8) is 0 Å². The van der Waals surface area contributed by atoms with Crippen LogP contribution in [0.5, 0.6) is 0 Å². The van der Waals surface area contributed by atoms with E-state index in [-0.39, 0.29) is 12.2 Å². The molecule has 0 aromatic carbocycles. The highest BCUT2D eigenvalue weighted by Crippen LogP contribution is 2.16. The SMILES string of the molecule is CCCCCCCCCCCCCCCCCC(O)CCCCC(O)CCCC. The Morgan fingerprint density at radius 1 is 0.345 bits per heavy atom. The Labute approximate surface area is 184 Å². The van der Waals surface area contributed by atoms with Crippen LogP contribution < -0.4 is 0 Å². The second-order valence-electron chi connectivity index (χ2n) is 9.47. The van der Waals surface area contributed by atoms with Gasteiger partial charge in [-0.1, -0.05) is 136 Å². The third kappa shape index (κ3) is 24.1. The fourth-order valence-corrected chi connectivity index (χ4v) is 4.24. The fraction of sp³-hybridized carbons (Fsp3) is 1.00. The van der Waals surface area contributed by atoms with E-state index in [0.29, 0.717) is 0 Å². The van der Waals surface area contributed by atoms with Gasteiger partial charge in [0.25, 0.3) is 0 Å². The van der Waals surface area contributed by atoms with Crippen molar-refractivity contribution in [2.24, 2.45) is 0 Å². The molecular weight excluding hydrogens is 356 g/mol. The number of aliphatic hydroxyl groups is 2. The number of hydrogen-bond acceptors (Lipinski definition) is 2. The maximum absolute atomic E-state index is 10.1. The molecule has 0 amide bonds. The van der Waals surface area contributed by atoms with Gasteiger partial charge < -0.3 is 10.2 Å². The van der Waals surface area contributed by atoms with Gasteiger partial charge in [0.2, 0.25) is 0 Å². The zero-order valence-corrected chi connectivity index (χ0v) is 20.3. The molecule has 0 aliphatic rings. The quantitative estimate of drug-likeness (QED) is 0.156. The molecule has 0 spiro atoms. The summed E-state index contributed by atoms with van der Waals surface area (Å²) in [6.07, 6.45) is 28.8. The highest BCUT2D eigenvalue weighted by atomic mass is 16.3.